The van der Waals surface area contributed by atoms with E-state index in [1.807, 2.05) is 38.5 Å². The SMILES string of the molecule is CN(C)CCNc1cc(F)cc(-c2nccc3[nH]c(-c4[nH]nc5c(F)cc(-c6cncc(CN7CCCC7)c6)cc45)nc23)c1. The number of pyridine rings is 2. The van der Waals surface area contributed by atoms with Gasteiger partial charge in [0.15, 0.2) is 11.6 Å². The molecule has 11 heteroatoms. The first-order valence-electron chi connectivity index (χ1n) is 14.8. The number of likely N-dealkylation sites (N-methyl/N-ethyl adjacent to an activating group) is 1. The summed E-state index contributed by atoms with van der Waals surface area (Å²) in [4.78, 5) is 21.7. The molecule has 0 amide bonds. The van der Waals surface area contributed by atoms with Crippen molar-refractivity contribution >= 4 is 27.6 Å². The van der Waals surface area contributed by atoms with Crippen molar-refractivity contribution in [3.8, 4) is 33.9 Å². The van der Waals surface area contributed by atoms with Crippen LogP contribution in [0.2, 0.25) is 0 Å². The summed E-state index contributed by atoms with van der Waals surface area (Å²) in [6.07, 6.45) is 7.73. The Kier molecular flexibility index (Phi) is 7.49. The number of likely N-dealkylation sites (tertiary alicyclic amines) is 1. The first-order chi connectivity index (χ1) is 21.4. The minimum absolute atomic E-state index is 0.224. The van der Waals surface area contributed by atoms with E-state index in [0.29, 0.717) is 51.5 Å². The third-order valence-corrected chi connectivity index (χ3v) is 8.04. The van der Waals surface area contributed by atoms with E-state index in [2.05, 4.69) is 46.3 Å². The van der Waals surface area contributed by atoms with Gasteiger partial charge in [-0.25, -0.2) is 13.8 Å². The Morgan fingerprint density at radius 2 is 1.82 bits per heavy atom. The van der Waals surface area contributed by atoms with Crippen molar-refractivity contribution in [3.05, 3.63) is 78.3 Å². The molecule has 0 spiro atoms. The highest BCUT2D eigenvalue weighted by atomic mass is 19.1. The van der Waals surface area contributed by atoms with E-state index in [1.54, 1.807) is 12.4 Å². The minimum atomic E-state index is -0.433. The summed E-state index contributed by atoms with van der Waals surface area (Å²) < 4.78 is 30.1. The van der Waals surface area contributed by atoms with Crippen LogP contribution in [0.4, 0.5) is 14.5 Å². The number of hydrogen-bond acceptors (Lipinski definition) is 7. The van der Waals surface area contributed by atoms with Crippen LogP contribution in [-0.2, 0) is 6.54 Å². The lowest BCUT2D eigenvalue weighted by Crippen LogP contribution is -2.20. The molecule has 9 nitrogen and oxygen atoms in total. The largest absolute Gasteiger partial charge is 0.384 e. The third kappa shape index (κ3) is 5.63. The average Bonchev–Trinajstić information content (AvgIpc) is 3.76. The lowest BCUT2D eigenvalue weighted by atomic mass is 10.0. The van der Waals surface area contributed by atoms with Crippen LogP contribution in [0.1, 0.15) is 18.4 Å². The molecule has 1 saturated heterocycles. The predicted molar refractivity (Wildman–Crippen MR) is 169 cm³/mol. The van der Waals surface area contributed by atoms with E-state index in [0.717, 1.165) is 42.8 Å². The zero-order valence-electron chi connectivity index (χ0n) is 24.7. The Hall–Kier alpha value is -4.74. The summed E-state index contributed by atoms with van der Waals surface area (Å²) in [5.74, 6) is -0.321. The monoisotopic (exact) mass is 593 g/mol. The Bertz CT molecular complexity index is 1960. The Labute approximate surface area is 253 Å². The van der Waals surface area contributed by atoms with Crippen LogP contribution in [0.15, 0.2) is 61.1 Å². The van der Waals surface area contributed by atoms with E-state index in [4.69, 9.17) is 4.98 Å². The van der Waals surface area contributed by atoms with E-state index in [9.17, 15) is 4.39 Å². The number of halogens is 2. The van der Waals surface area contributed by atoms with Crippen molar-refractivity contribution in [2.75, 3.05) is 45.6 Å². The maximum atomic E-state index is 15.4. The van der Waals surface area contributed by atoms with Crippen LogP contribution in [0.25, 0.3) is 55.8 Å². The molecule has 2 aromatic carbocycles. The van der Waals surface area contributed by atoms with Gasteiger partial charge in [-0.2, -0.15) is 5.10 Å². The second-order valence-electron chi connectivity index (χ2n) is 11.6. The summed E-state index contributed by atoms with van der Waals surface area (Å²) in [6.45, 7) is 4.49. The Morgan fingerprint density at radius 3 is 2.66 bits per heavy atom. The van der Waals surface area contributed by atoms with Crippen LogP contribution in [-0.4, -0.2) is 80.2 Å². The molecule has 1 aliphatic rings. The molecule has 44 heavy (non-hydrogen) atoms. The van der Waals surface area contributed by atoms with Gasteiger partial charge in [0.05, 0.1) is 11.2 Å². The smallest absolute Gasteiger partial charge is 0.157 e. The number of nitrogens with zero attached hydrogens (tertiary/aromatic N) is 6. The number of benzene rings is 2. The second-order valence-corrected chi connectivity index (χ2v) is 11.6. The standard InChI is InChI=1S/C33H33F2N9/c1-43(2)10-7-37-25-13-22(12-24(34)16-25)29-32-28(5-6-38-29)39-33(40-32)31-26-14-21(15-27(35)30(26)41-42-31)23-11-20(17-36-18-23)19-44-8-3-4-9-44/h5-6,11-18,37H,3-4,7-10,19H2,1-2H3,(H,39,40)(H,41,42). The number of rotatable bonds is 9. The Morgan fingerprint density at radius 1 is 0.955 bits per heavy atom. The zero-order valence-corrected chi connectivity index (χ0v) is 24.7. The number of imidazole rings is 1. The molecule has 224 valence electrons. The van der Waals surface area contributed by atoms with Gasteiger partial charge in [-0.3, -0.25) is 20.0 Å². The summed E-state index contributed by atoms with van der Waals surface area (Å²) >= 11 is 0. The molecule has 5 heterocycles. The number of nitrogens with one attached hydrogen (secondary N) is 3. The molecule has 7 rings (SSSR count). The van der Waals surface area contributed by atoms with E-state index < -0.39 is 5.82 Å². The number of hydrogen-bond donors (Lipinski definition) is 3. The number of aromatic amines is 2. The van der Waals surface area contributed by atoms with Gasteiger partial charge in [0.25, 0.3) is 0 Å². The van der Waals surface area contributed by atoms with Crippen molar-refractivity contribution in [1.82, 2.24) is 39.9 Å². The van der Waals surface area contributed by atoms with Gasteiger partial charge in [-0.05, 0) is 93.6 Å². The van der Waals surface area contributed by atoms with Crippen LogP contribution >= 0.6 is 0 Å². The highest BCUT2D eigenvalue weighted by Crippen LogP contribution is 2.34. The van der Waals surface area contributed by atoms with Crippen molar-refractivity contribution in [2.45, 2.75) is 19.4 Å². The van der Waals surface area contributed by atoms with Crippen molar-refractivity contribution in [3.63, 3.8) is 0 Å². The molecule has 0 radical (unpaired) electrons. The average molecular weight is 594 g/mol. The van der Waals surface area contributed by atoms with Crippen molar-refractivity contribution in [1.29, 1.82) is 0 Å². The molecule has 1 fully saturated rings. The van der Waals surface area contributed by atoms with Gasteiger partial charge in [-0.1, -0.05) is 0 Å². The van der Waals surface area contributed by atoms with Gasteiger partial charge < -0.3 is 15.2 Å². The van der Waals surface area contributed by atoms with Gasteiger partial charge in [0.2, 0.25) is 0 Å². The van der Waals surface area contributed by atoms with E-state index in [1.165, 1.54) is 31.0 Å². The van der Waals surface area contributed by atoms with Crippen LogP contribution in [0, 0.1) is 11.6 Å². The molecule has 0 unspecified atom stereocenters. The second kappa shape index (κ2) is 11.7. The minimum Gasteiger partial charge on any atom is -0.384 e. The summed E-state index contributed by atoms with van der Waals surface area (Å²) in [7, 11) is 3.98. The lowest BCUT2D eigenvalue weighted by Gasteiger charge is -2.14. The molecule has 0 saturated carbocycles. The van der Waals surface area contributed by atoms with Crippen LogP contribution < -0.4 is 5.32 Å². The van der Waals surface area contributed by atoms with Gasteiger partial charge in [0.1, 0.15) is 22.5 Å². The Balaban J connectivity index is 1.25. The molecule has 6 aromatic rings. The maximum Gasteiger partial charge on any atom is 0.157 e. The molecule has 3 N–H and O–H groups in total. The zero-order chi connectivity index (χ0) is 30.2. The number of anilines is 1. The number of H-pyrrole nitrogens is 2. The quantitative estimate of drug-likeness (QED) is 0.187. The predicted octanol–water partition coefficient (Wildman–Crippen LogP) is 6.08. The van der Waals surface area contributed by atoms with Crippen LogP contribution in [0.3, 0.4) is 0 Å². The lowest BCUT2D eigenvalue weighted by molar-refractivity contribution is 0.331. The molecule has 4 aromatic heterocycles. The number of aromatic nitrogens is 6. The van der Waals surface area contributed by atoms with Crippen molar-refractivity contribution < 1.29 is 8.78 Å². The fourth-order valence-electron chi connectivity index (χ4n) is 5.87. The highest BCUT2D eigenvalue weighted by molar-refractivity contribution is 5.98. The normalized spacial score (nSPS) is 13.9. The molecular weight excluding hydrogens is 560 g/mol. The molecular formula is C33H33F2N9. The highest BCUT2D eigenvalue weighted by Gasteiger charge is 2.19. The molecule has 0 bridgehead atoms. The van der Waals surface area contributed by atoms with Crippen LogP contribution in [0.5, 0.6) is 0 Å². The van der Waals surface area contributed by atoms with E-state index >= 15 is 4.39 Å². The van der Waals surface area contributed by atoms with Crippen molar-refractivity contribution in [2.24, 2.45) is 0 Å². The summed E-state index contributed by atoms with van der Waals surface area (Å²) in [6, 6.07) is 12.1. The third-order valence-electron chi connectivity index (χ3n) is 8.04. The molecule has 1 aliphatic heterocycles. The number of fused-ring (bicyclic) bond motifs is 2. The topological polar surface area (TPSA) is 102 Å². The maximum absolute atomic E-state index is 15.4. The fourth-order valence-corrected chi connectivity index (χ4v) is 5.87. The fraction of sp³-hybridized carbons (Fsp3) is 0.273. The first-order valence-corrected chi connectivity index (χ1v) is 14.8. The summed E-state index contributed by atoms with van der Waals surface area (Å²) in [5, 5.41) is 11.1. The molecule has 0 aliphatic carbocycles. The van der Waals surface area contributed by atoms with Gasteiger partial charge in [-0.15, -0.1) is 0 Å². The van der Waals surface area contributed by atoms with E-state index in [-0.39, 0.29) is 11.3 Å². The first kappa shape index (κ1) is 28.1. The molecule has 0 atom stereocenters. The summed E-state index contributed by atoms with van der Waals surface area (Å²) in [5.41, 5.74) is 6.52. The van der Waals surface area contributed by atoms with Gasteiger partial charge in [0, 0.05) is 60.4 Å². The van der Waals surface area contributed by atoms with Gasteiger partial charge >= 0.3 is 0 Å².